The van der Waals surface area contributed by atoms with E-state index >= 15 is 0 Å². The first kappa shape index (κ1) is 17.8. The Labute approximate surface area is 146 Å². The number of unbranched alkanes of at least 4 members (excludes halogenated alkanes) is 3. The molecule has 0 N–H and O–H groups in total. The van der Waals surface area contributed by atoms with Crippen molar-refractivity contribution in [2.75, 3.05) is 6.61 Å². The van der Waals surface area contributed by atoms with Gasteiger partial charge in [0.1, 0.15) is 0 Å². The molecule has 0 amide bonds. The molecule has 0 aromatic heterocycles. The Hall–Kier alpha value is 0.766. The smallest absolute Gasteiger partial charge is 0.266 e. The minimum Gasteiger partial charge on any atom is -0.266 e. The number of hydrogen-bond donors (Lipinski definition) is 0. The topological polar surface area (TPSA) is 43.4 Å². The second-order valence-corrected chi connectivity index (χ2v) is 5.27. The summed E-state index contributed by atoms with van der Waals surface area (Å²) in [5.41, 5.74) is 0. The molecule has 0 aliphatic heterocycles. The first-order valence-corrected chi connectivity index (χ1v) is 7.02. The molecule has 0 fully saturated rings. The van der Waals surface area contributed by atoms with Crippen LogP contribution in [0.25, 0.3) is 0 Å². The molecule has 0 saturated carbocycles. The van der Waals surface area contributed by atoms with Crippen LogP contribution in [0.5, 0.6) is 0 Å². The molecule has 0 unspecified atom stereocenters. The van der Waals surface area contributed by atoms with Crippen LogP contribution >= 0.6 is 0 Å². The molecule has 0 saturated heterocycles. The number of hydrogen-bond acceptors (Lipinski definition) is 3. The van der Waals surface area contributed by atoms with Crippen LogP contribution < -0.4 is 0 Å². The first-order chi connectivity index (χ1) is 7.67. The largest absolute Gasteiger partial charge is 0.296 e. The fourth-order valence-corrected chi connectivity index (χ4v) is 2.32. The third-order valence-corrected chi connectivity index (χ3v) is 3.59. The van der Waals surface area contributed by atoms with E-state index in [9.17, 15) is 8.42 Å². The van der Waals surface area contributed by atoms with Crippen LogP contribution in [0.1, 0.15) is 32.6 Å². The van der Waals surface area contributed by atoms with E-state index in [0.29, 0.717) is 0 Å². The Morgan fingerprint density at radius 3 is 2.29 bits per heavy atom. The zero-order chi connectivity index (χ0) is 11.9. The summed E-state index contributed by atoms with van der Waals surface area (Å²) in [6.07, 6.45) is 4.06. The van der Waals surface area contributed by atoms with Crippen molar-refractivity contribution in [2.45, 2.75) is 37.5 Å². The van der Waals surface area contributed by atoms with Crippen LogP contribution in [-0.4, -0.2) is 66.4 Å². The van der Waals surface area contributed by atoms with E-state index in [-0.39, 0.29) is 62.9 Å². The molecule has 1 aromatic carbocycles. The molecular weight excluding hydrogens is 263 g/mol. The second-order valence-electron chi connectivity index (χ2n) is 3.65. The SMILES string of the molecule is CCCCCCOS(=O)(=O)c1ccccc1.[K]. The van der Waals surface area contributed by atoms with Crippen molar-refractivity contribution in [1.82, 2.24) is 0 Å². The van der Waals surface area contributed by atoms with Gasteiger partial charge in [0.25, 0.3) is 10.1 Å². The molecular formula is C12H18KO3S. The molecule has 0 aliphatic carbocycles. The molecule has 0 heterocycles. The third kappa shape index (κ3) is 7.05. The Morgan fingerprint density at radius 1 is 1.06 bits per heavy atom. The van der Waals surface area contributed by atoms with Gasteiger partial charge in [0.05, 0.1) is 11.5 Å². The standard InChI is InChI=1S/C12H18O3S.K/c1-2-3-4-8-11-15-16(13,14)12-9-6-5-7-10-12;/h5-7,9-10H,2-4,8,11H2,1H3;. The van der Waals surface area contributed by atoms with Crippen molar-refractivity contribution in [3.63, 3.8) is 0 Å². The Morgan fingerprint density at radius 2 is 1.71 bits per heavy atom. The van der Waals surface area contributed by atoms with Gasteiger partial charge >= 0.3 is 0 Å². The van der Waals surface area contributed by atoms with Gasteiger partial charge < -0.3 is 0 Å². The molecule has 1 rings (SSSR count). The van der Waals surface area contributed by atoms with Crippen LogP contribution in [-0.2, 0) is 14.3 Å². The Bertz CT molecular complexity index is 389. The summed E-state index contributed by atoms with van der Waals surface area (Å²) >= 11 is 0. The number of benzene rings is 1. The van der Waals surface area contributed by atoms with Crippen molar-refractivity contribution >= 4 is 61.5 Å². The summed E-state index contributed by atoms with van der Waals surface area (Å²) < 4.78 is 28.2. The van der Waals surface area contributed by atoms with Crippen molar-refractivity contribution < 1.29 is 12.6 Å². The van der Waals surface area contributed by atoms with Crippen molar-refractivity contribution in [3.05, 3.63) is 30.3 Å². The summed E-state index contributed by atoms with van der Waals surface area (Å²) in [6.45, 7) is 2.39. The molecule has 0 spiro atoms. The van der Waals surface area contributed by atoms with Gasteiger partial charge in [-0.3, -0.25) is 4.18 Å². The van der Waals surface area contributed by atoms with Gasteiger partial charge in [0.15, 0.2) is 0 Å². The Kier molecular flexibility index (Phi) is 10.1. The van der Waals surface area contributed by atoms with Gasteiger partial charge in [-0.1, -0.05) is 44.4 Å². The predicted molar refractivity (Wildman–Crippen MR) is 69.5 cm³/mol. The molecule has 17 heavy (non-hydrogen) atoms. The van der Waals surface area contributed by atoms with E-state index in [2.05, 4.69) is 6.92 Å². The minimum atomic E-state index is -3.55. The van der Waals surface area contributed by atoms with E-state index < -0.39 is 10.1 Å². The van der Waals surface area contributed by atoms with E-state index in [1.807, 2.05) is 0 Å². The maximum atomic E-state index is 11.6. The van der Waals surface area contributed by atoms with Gasteiger partial charge in [-0.05, 0) is 18.6 Å². The Balaban J connectivity index is 0.00000256. The van der Waals surface area contributed by atoms with Crippen LogP contribution in [0.3, 0.4) is 0 Å². The van der Waals surface area contributed by atoms with Gasteiger partial charge in [0, 0.05) is 51.4 Å². The maximum absolute atomic E-state index is 11.6. The van der Waals surface area contributed by atoms with E-state index in [1.54, 1.807) is 30.3 Å². The van der Waals surface area contributed by atoms with E-state index in [4.69, 9.17) is 4.18 Å². The minimum absolute atomic E-state index is 0. The molecule has 3 nitrogen and oxygen atoms in total. The summed E-state index contributed by atoms with van der Waals surface area (Å²) in [4.78, 5) is 0.227. The molecule has 91 valence electrons. The normalized spacial score (nSPS) is 10.9. The van der Waals surface area contributed by atoms with Crippen molar-refractivity contribution in [2.24, 2.45) is 0 Å². The van der Waals surface area contributed by atoms with Crippen molar-refractivity contribution in [3.8, 4) is 0 Å². The fourth-order valence-electron chi connectivity index (χ4n) is 1.35. The third-order valence-electron chi connectivity index (χ3n) is 2.27. The number of rotatable bonds is 7. The predicted octanol–water partition coefficient (Wildman–Crippen LogP) is 2.59. The van der Waals surface area contributed by atoms with E-state index in [1.165, 1.54) is 0 Å². The summed E-state index contributed by atoms with van der Waals surface area (Å²) in [5, 5.41) is 0. The molecule has 1 radical (unpaired) electrons. The fraction of sp³-hybridized carbons (Fsp3) is 0.500. The second kappa shape index (κ2) is 9.66. The summed E-state index contributed by atoms with van der Waals surface area (Å²) in [5.74, 6) is 0. The maximum Gasteiger partial charge on any atom is 0.296 e. The van der Waals surface area contributed by atoms with Crippen LogP contribution in [0.2, 0.25) is 0 Å². The van der Waals surface area contributed by atoms with Crippen LogP contribution in [0.4, 0.5) is 0 Å². The molecule has 5 heteroatoms. The van der Waals surface area contributed by atoms with Crippen LogP contribution in [0.15, 0.2) is 35.2 Å². The molecule has 0 bridgehead atoms. The quantitative estimate of drug-likeness (QED) is 0.438. The van der Waals surface area contributed by atoms with Gasteiger partial charge in [-0.15, -0.1) is 0 Å². The first-order valence-electron chi connectivity index (χ1n) is 5.61. The van der Waals surface area contributed by atoms with Gasteiger partial charge in [-0.2, -0.15) is 8.42 Å². The summed E-state index contributed by atoms with van der Waals surface area (Å²) in [6, 6.07) is 8.24. The van der Waals surface area contributed by atoms with Crippen molar-refractivity contribution in [1.29, 1.82) is 0 Å². The zero-order valence-corrected chi connectivity index (χ0v) is 14.5. The van der Waals surface area contributed by atoms with Crippen LogP contribution in [0, 0.1) is 0 Å². The van der Waals surface area contributed by atoms with Gasteiger partial charge in [0.2, 0.25) is 0 Å². The zero-order valence-electron chi connectivity index (χ0n) is 10.6. The average Bonchev–Trinajstić information content (AvgIpc) is 2.30. The van der Waals surface area contributed by atoms with Gasteiger partial charge in [-0.25, -0.2) is 0 Å². The monoisotopic (exact) mass is 281 g/mol. The molecule has 0 atom stereocenters. The molecule has 0 aliphatic rings. The average molecular weight is 281 g/mol. The van der Waals surface area contributed by atoms with E-state index in [0.717, 1.165) is 25.7 Å². The summed E-state index contributed by atoms with van der Waals surface area (Å²) in [7, 11) is -3.55. The molecule has 1 aromatic rings.